The lowest BCUT2D eigenvalue weighted by Gasteiger charge is -2.45. The lowest BCUT2D eigenvalue weighted by molar-refractivity contribution is 0.184. The molecule has 1 aromatic carbocycles. The molecule has 2 fully saturated rings. The first-order valence-electron chi connectivity index (χ1n) is 11.5. The molecule has 6 heteroatoms. The van der Waals surface area contributed by atoms with Crippen molar-refractivity contribution in [3.05, 3.63) is 29.1 Å². The molecule has 1 aliphatic carbocycles. The Bertz CT molecular complexity index is 902. The highest BCUT2D eigenvalue weighted by molar-refractivity contribution is 7.17. The molecule has 1 saturated carbocycles. The third kappa shape index (κ3) is 3.92. The zero-order valence-electron chi connectivity index (χ0n) is 18.3. The second-order valence-corrected chi connectivity index (χ2v) is 10.5. The molecule has 1 atom stereocenters. The number of piperazine rings is 1. The van der Waals surface area contributed by atoms with Crippen molar-refractivity contribution >= 4 is 33.1 Å². The number of fused-ring (bicyclic) bond motifs is 2. The third-order valence-electron chi connectivity index (χ3n) is 7.42. The summed E-state index contributed by atoms with van der Waals surface area (Å²) in [5.74, 6) is 0.819. The number of nitrogens with one attached hydrogen (secondary N) is 1. The second kappa shape index (κ2) is 8.39. The smallest absolute Gasteiger partial charge is 0.317 e. The standard InChI is InChI=1S/C24H34N4OS/c1-26(2)24(29)25-19-8-6-17(7-9-19)10-11-27-12-13-28-20(15-27)14-18-16-30-22-5-3-4-21(28)23(18)22/h3-5,16-17,19-20H,6-15H2,1-2H3,(H,25,29)/t17-,19-,20?. The Morgan fingerprint density at radius 1 is 1.20 bits per heavy atom. The van der Waals surface area contributed by atoms with Crippen LogP contribution in [0, 0.1) is 5.92 Å². The molecular weight excluding hydrogens is 392 g/mol. The van der Waals surface area contributed by atoms with Crippen LogP contribution in [0.1, 0.15) is 37.7 Å². The summed E-state index contributed by atoms with van der Waals surface area (Å²) in [5, 5.41) is 7.07. The highest BCUT2D eigenvalue weighted by Gasteiger charge is 2.33. The van der Waals surface area contributed by atoms with Gasteiger partial charge in [0, 0.05) is 61.6 Å². The van der Waals surface area contributed by atoms with Crippen LogP contribution in [0.2, 0.25) is 0 Å². The van der Waals surface area contributed by atoms with Crippen molar-refractivity contribution in [1.29, 1.82) is 0 Å². The Hall–Kier alpha value is -1.79. The Morgan fingerprint density at radius 2 is 2.03 bits per heavy atom. The van der Waals surface area contributed by atoms with Crippen LogP contribution >= 0.6 is 11.3 Å². The normalized spacial score (nSPS) is 26.5. The van der Waals surface area contributed by atoms with Gasteiger partial charge in [-0.2, -0.15) is 0 Å². The van der Waals surface area contributed by atoms with Crippen LogP contribution in [-0.4, -0.2) is 68.2 Å². The molecular formula is C24H34N4OS. The van der Waals surface area contributed by atoms with Gasteiger partial charge in [-0.15, -0.1) is 11.3 Å². The van der Waals surface area contributed by atoms with Crippen LogP contribution in [-0.2, 0) is 6.42 Å². The number of rotatable bonds is 4. The van der Waals surface area contributed by atoms with Crippen molar-refractivity contribution in [3.8, 4) is 0 Å². The molecule has 0 radical (unpaired) electrons. The van der Waals surface area contributed by atoms with Crippen LogP contribution < -0.4 is 10.2 Å². The van der Waals surface area contributed by atoms with Gasteiger partial charge in [0.25, 0.3) is 0 Å². The van der Waals surface area contributed by atoms with Crippen molar-refractivity contribution < 1.29 is 4.79 Å². The van der Waals surface area contributed by atoms with Crippen LogP contribution in [0.15, 0.2) is 23.6 Å². The van der Waals surface area contributed by atoms with Gasteiger partial charge in [-0.3, -0.25) is 4.90 Å². The number of anilines is 1. The van der Waals surface area contributed by atoms with E-state index >= 15 is 0 Å². The summed E-state index contributed by atoms with van der Waals surface area (Å²) >= 11 is 1.90. The second-order valence-electron chi connectivity index (χ2n) is 9.61. The SMILES string of the molecule is CN(C)C(=O)N[C@H]1CC[C@H](CCN2CCN3c4cccc5scc(c45)CC3C2)CC1. The highest BCUT2D eigenvalue weighted by Crippen LogP contribution is 2.41. The number of carbonyl (C=O) groups is 1. The summed E-state index contributed by atoms with van der Waals surface area (Å²) in [6, 6.07) is 7.86. The Labute approximate surface area is 184 Å². The monoisotopic (exact) mass is 426 g/mol. The minimum absolute atomic E-state index is 0.0493. The van der Waals surface area contributed by atoms with Crippen LogP contribution in [0.25, 0.3) is 10.1 Å². The summed E-state index contributed by atoms with van der Waals surface area (Å²) in [7, 11) is 3.62. The Kier molecular flexibility index (Phi) is 5.63. The fourth-order valence-electron chi connectivity index (χ4n) is 5.66. The van der Waals surface area contributed by atoms with Gasteiger partial charge in [-0.05, 0) is 74.1 Å². The molecule has 0 bridgehead atoms. The number of hydrogen-bond acceptors (Lipinski definition) is 4. The Morgan fingerprint density at radius 3 is 2.83 bits per heavy atom. The summed E-state index contributed by atoms with van der Waals surface area (Å²) in [6.45, 7) is 4.76. The maximum atomic E-state index is 11.9. The third-order valence-corrected chi connectivity index (χ3v) is 8.42. The molecule has 5 rings (SSSR count). The summed E-state index contributed by atoms with van der Waals surface area (Å²) < 4.78 is 1.45. The van der Waals surface area contributed by atoms with E-state index in [0.29, 0.717) is 12.1 Å². The molecule has 3 aliphatic rings. The molecule has 1 saturated heterocycles. The first-order valence-corrected chi connectivity index (χ1v) is 12.4. The van der Waals surface area contributed by atoms with Gasteiger partial charge in [0.05, 0.1) is 0 Å². The number of amides is 2. The molecule has 5 nitrogen and oxygen atoms in total. The van der Waals surface area contributed by atoms with E-state index in [1.165, 1.54) is 61.1 Å². The molecule has 2 aliphatic heterocycles. The largest absolute Gasteiger partial charge is 0.365 e. The lowest BCUT2D eigenvalue weighted by atomic mass is 9.84. The molecule has 2 amide bonds. The van der Waals surface area contributed by atoms with E-state index in [2.05, 4.69) is 38.7 Å². The van der Waals surface area contributed by atoms with Gasteiger partial charge < -0.3 is 15.1 Å². The highest BCUT2D eigenvalue weighted by atomic mass is 32.1. The topological polar surface area (TPSA) is 38.8 Å². The van der Waals surface area contributed by atoms with E-state index in [0.717, 1.165) is 25.3 Å². The van der Waals surface area contributed by atoms with Gasteiger partial charge in [0.1, 0.15) is 0 Å². The number of nitrogens with zero attached hydrogens (tertiary/aromatic N) is 3. The molecule has 1 aromatic heterocycles. The number of urea groups is 1. The maximum Gasteiger partial charge on any atom is 0.317 e. The van der Waals surface area contributed by atoms with Gasteiger partial charge in [0.2, 0.25) is 0 Å². The van der Waals surface area contributed by atoms with Crippen molar-refractivity contribution in [2.75, 3.05) is 45.2 Å². The quantitative estimate of drug-likeness (QED) is 0.798. The van der Waals surface area contributed by atoms with Gasteiger partial charge >= 0.3 is 6.03 Å². The zero-order chi connectivity index (χ0) is 20.7. The minimum Gasteiger partial charge on any atom is -0.365 e. The number of thiophene rings is 1. The summed E-state index contributed by atoms with van der Waals surface area (Å²) in [4.78, 5) is 18.9. The van der Waals surface area contributed by atoms with E-state index in [1.807, 2.05) is 25.4 Å². The summed E-state index contributed by atoms with van der Waals surface area (Å²) in [6.07, 6.45) is 7.27. The molecule has 2 aromatic rings. The minimum atomic E-state index is 0.0493. The average Bonchev–Trinajstić information content (AvgIpc) is 3.17. The average molecular weight is 427 g/mol. The fraction of sp³-hybridized carbons (Fsp3) is 0.625. The van der Waals surface area contributed by atoms with Crippen LogP contribution in [0.4, 0.5) is 10.5 Å². The molecule has 162 valence electrons. The first kappa shape index (κ1) is 20.1. The fourth-order valence-corrected chi connectivity index (χ4v) is 6.65. The molecule has 0 spiro atoms. The predicted octanol–water partition coefficient (Wildman–Crippen LogP) is 4.17. The van der Waals surface area contributed by atoms with Gasteiger partial charge in [-0.1, -0.05) is 6.07 Å². The lowest BCUT2D eigenvalue weighted by Crippen LogP contribution is -2.55. The van der Waals surface area contributed by atoms with Crippen molar-refractivity contribution in [2.24, 2.45) is 5.92 Å². The number of carbonyl (C=O) groups excluding carboxylic acids is 1. The molecule has 1 N–H and O–H groups in total. The number of hydrogen-bond donors (Lipinski definition) is 1. The zero-order valence-corrected chi connectivity index (χ0v) is 19.1. The van der Waals surface area contributed by atoms with E-state index in [9.17, 15) is 4.79 Å². The Balaban J connectivity index is 1.11. The van der Waals surface area contributed by atoms with Crippen molar-refractivity contribution in [1.82, 2.24) is 15.1 Å². The van der Waals surface area contributed by atoms with Crippen molar-refractivity contribution in [3.63, 3.8) is 0 Å². The molecule has 30 heavy (non-hydrogen) atoms. The van der Waals surface area contributed by atoms with Crippen LogP contribution in [0.5, 0.6) is 0 Å². The van der Waals surface area contributed by atoms with Gasteiger partial charge in [0.15, 0.2) is 0 Å². The van der Waals surface area contributed by atoms with Gasteiger partial charge in [-0.25, -0.2) is 4.79 Å². The van der Waals surface area contributed by atoms with E-state index in [1.54, 1.807) is 10.5 Å². The van der Waals surface area contributed by atoms with Crippen molar-refractivity contribution in [2.45, 2.75) is 50.6 Å². The molecule has 3 heterocycles. The maximum absolute atomic E-state index is 11.9. The molecule has 1 unspecified atom stereocenters. The predicted molar refractivity (Wildman–Crippen MR) is 126 cm³/mol. The summed E-state index contributed by atoms with van der Waals surface area (Å²) in [5.41, 5.74) is 3.03. The van der Waals surface area contributed by atoms with E-state index in [-0.39, 0.29) is 6.03 Å². The van der Waals surface area contributed by atoms with E-state index in [4.69, 9.17) is 0 Å². The van der Waals surface area contributed by atoms with E-state index < -0.39 is 0 Å². The number of benzene rings is 1. The van der Waals surface area contributed by atoms with Crippen LogP contribution in [0.3, 0.4) is 0 Å². The first-order chi connectivity index (χ1) is 14.6.